The molecule has 0 aliphatic rings. The lowest BCUT2D eigenvalue weighted by Gasteiger charge is -2.11. The van der Waals surface area contributed by atoms with Crippen LogP contribution in [0.1, 0.15) is 26.2 Å². The first-order valence-electron chi connectivity index (χ1n) is 6.04. The van der Waals surface area contributed by atoms with E-state index < -0.39 is 33.8 Å². The smallest absolute Gasteiger partial charge is 0.307 e. The van der Waals surface area contributed by atoms with Gasteiger partial charge in [0.15, 0.2) is 0 Å². The number of halogens is 2. The number of nitrogens with one attached hydrogen (secondary N) is 1. The first-order chi connectivity index (χ1) is 9.35. The van der Waals surface area contributed by atoms with Crippen molar-refractivity contribution in [1.82, 2.24) is 0 Å². The molecule has 1 rings (SSSR count). The van der Waals surface area contributed by atoms with Crippen molar-refractivity contribution in [3.05, 3.63) is 33.9 Å². The molecule has 0 aliphatic carbocycles. The molecule has 0 radical (unpaired) electrons. The maximum Gasteiger partial charge on any atom is 0.307 e. The maximum absolute atomic E-state index is 13.4. The lowest BCUT2D eigenvalue weighted by Crippen LogP contribution is -2.27. The van der Waals surface area contributed by atoms with Gasteiger partial charge in [0.05, 0.1) is 10.6 Å². The Morgan fingerprint density at radius 3 is 2.65 bits per heavy atom. The van der Waals surface area contributed by atoms with E-state index in [0.29, 0.717) is 18.6 Å². The quantitative estimate of drug-likeness (QED) is 0.619. The number of benzene rings is 1. The van der Waals surface area contributed by atoms with Gasteiger partial charge < -0.3 is 11.1 Å². The number of rotatable bonds is 6. The number of carbonyl (C=O) groups is 1. The van der Waals surface area contributed by atoms with Crippen molar-refractivity contribution < 1.29 is 18.5 Å². The van der Waals surface area contributed by atoms with Gasteiger partial charge in [-0.2, -0.15) is 4.39 Å². The molecule has 8 heteroatoms. The Labute approximate surface area is 114 Å². The van der Waals surface area contributed by atoms with E-state index in [1.165, 1.54) is 0 Å². The van der Waals surface area contributed by atoms with Crippen LogP contribution in [0.5, 0.6) is 0 Å². The Morgan fingerprint density at radius 1 is 1.45 bits per heavy atom. The molecule has 0 fully saturated rings. The van der Waals surface area contributed by atoms with Gasteiger partial charge in [-0.25, -0.2) is 4.39 Å². The van der Waals surface area contributed by atoms with Gasteiger partial charge in [-0.1, -0.05) is 13.3 Å². The number of carbonyl (C=O) groups excluding carboxylic acids is 1. The van der Waals surface area contributed by atoms with E-state index in [4.69, 9.17) is 5.73 Å². The molecule has 0 heterocycles. The van der Waals surface area contributed by atoms with Crippen LogP contribution in [-0.2, 0) is 4.79 Å². The summed E-state index contributed by atoms with van der Waals surface area (Å²) in [6.07, 6.45) is 1.38. The Bertz CT molecular complexity index is 523. The zero-order valence-corrected chi connectivity index (χ0v) is 10.9. The van der Waals surface area contributed by atoms with Gasteiger partial charge in [0.2, 0.25) is 11.7 Å². The first kappa shape index (κ1) is 16.0. The molecule has 1 unspecified atom stereocenters. The molecule has 1 aromatic carbocycles. The molecular weight excluding hydrogens is 272 g/mol. The topological polar surface area (TPSA) is 98.3 Å². The summed E-state index contributed by atoms with van der Waals surface area (Å²) in [7, 11) is 0. The minimum Gasteiger partial charge on any atom is -0.327 e. The van der Waals surface area contributed by atoms with E-state index >= 15 is 0 Å². The van der Waals surface area contributed by atoms with Gasteiger partial charge in [0.1, 0.15) is 5.82 Å². The monoisotopic (exact) mass is 287 g/mol. The van der Waals surface area contributed by atoms with Crippen molar-refractivity contribution in [2.24, 2.45) is 5.73 Å². The van der Waals surface area contributed by atoms with E-state index in [0.717, 1.165) is 6.42 Å². The van der Waals surface area contributed by atoms with E-state index in [1.807, 2.05) is 6.92 Å². The molecule has 1 amide bonds. The SMILES string of the molecule is CCCC(N)CC(=O)Nc1cc([N+](=O)[O-])c(F)cc1F. The molecule has 20 heavy (non-hydrogen) atoms. The van der Waals surface area contributed by atoms with Crippen LogP contribution >= 0.6 is 0 Å². The third-order valence-electron chi connectivity index (χ3n) is 2.61. The average molecular weight is 287 g/mol. The largest absolute Gasteiger partial charge is 0.327 e. The molecule has 0 spiro atoms. The minimum atomic E-state index is -1.30. The van der Waals surface area contributed by atoms with Crippen molar-refractivity contribution in [3.63, 3.8) is 0 Å². The second kappa shape index (κ2) is 6.90. The molecule has 0 bridgehead atoms. The van der Waals surface area contributed by atoms with Crippen molar-refractivity contribution >= 4 is 17.3 Å². The molecule has 110 valence electrons. The zero-order chi connectivity index (χ0) is 15.3. The summed E-state index contributed by atoms with van der Waals surface area (Å²) < 4.78 is 26.5. The predicted molar refractivity (Wildman–Crippen MR) is 69.1 cm³/mol. The predicted octanol–water partition coefficient (Wildman–Crippen LogP) is 2.33. The number of nitro groups is 1. The normalized spacial score (nSPS) is 12.0. The van der Waals surface area contributed by atoms with Gasteiger partial charge in [0, 0.05) is 24.6 Å². The fourth-order valence-corrected chi connectivity index (χ4v) is 1.69. The molecule has 0 saturated heterocycles. The summed E-state index contributed by atoms with van der Waals surface area (Å²) in [5, 5.41) is 12.7. The van der Waals surface area contributed by atoms with Crippen LogP contribution in [0, 0.1) is 21.7 Å². The maximum atomic E-state index is 13.4. The molecule has 0 aromatic heterocycles. The van der Waals surface area contributed by atoms with E-state index in [-0.39, 0.29) is 12.5 Å². The Kier molecular flexibility index (Phi) is 5.51. The van der Waals surface area contributed by atoms with Crippen molar-refractivity contribution in [2.45, 2.75) is 32.2 Å². The highest BCUT2D eigenvalue weighted by molar-refractivity contribution is 5.91. The van der Waals surface area contributed by atoms with Gasteiger partial charge >= 0.3 is 5.69 Å². The van der Waals surface area contributed by atoms with Crippen LogP contribution in [0.25, 0.3) is 0 Å². The summed E-state index contributed by atoms with van der Waals surface area (Å²) in [5.74, 6) is -2.95. The van der Waals surface area contributed by atoms with Gasteiger partial charge in [-0.3, -0.25) is 14.9 Å². The van der Waals surface area contributed by atoms with Gasteiger partial charge in [-0.05, 0) is 6.42 Å². The van der Waals surface area contributed by atoms with Crippen LogP contribution in [0.2, 0.25) is 0 Å². The second-order valence-corrected chi connectivity index (χ2v) is 4.34. The minimum absolute atomic E-state index is 0.0432. The van der Waals surface area contributed by atoms with Crippen LogP contribution in [0.4, 0.5) is 20.2 Å². The summed E-state index contributed by atoms with van der Waals surface area (Å²) in [5.41, 5.74) is 4.31. The highest BCUT2D eigenvalue weighted by Crippen LogP contribution is 2.25. The van der Waals surface area contributed by atoms with Crippen molar-refractivity contribution in [2.75, 3.05) is 5.32 Å². The Balaban J connectivity index is 2.84. The fourth-order valence-electron chi connectivity index (χ4n) is 1.69. The molecule has 3 N–H and O–H groups in total. The highest BCUT2D eigenvalue weighted by atomic mass is 19.1. The van der Waals surface area contributed by atoms with E-state index in [9.17, 15) is 23.7 Å². The number of nitrogens with two attached hydrogens (primary N) is 1. The summed E-state index contributed by atoms with van der Waals surface area (Å²) in [6, 6.07) is 0.631. The number of hydrogen-bond acceptors (Lipinski definition) is 4. The zero-order valence-electron chi connectivity index (χ0n) is 10.9. The third-order valence-corrected chi connectivity index (χ3v) is 2.61. The van der Waals surface area contributed by atoms with E-state index in [2.05, 4.69) is 5.32 Å². The number of hydrogen-bond donors (Lipinski definition) is 2. The second-order valence-electron chi connectivity index (χ2n) is 4.34. The Morgan fingerprint density at radius 2 is 2.10 bits per heavy atom. The molecule has 1 atom stereocenters. The molecular formula is C12H15F2N3O3. The van der Waals surface area contributed by atoms with Crippen LogP contribution in [0.3, 0.4) is 0 Å². The number of anilines is 1. The number of amides is 1. The van der Waals surface area contributed by atoms with E-state index in [1.54, 1.807) is 0 Å². The summed E-state index contributed by atoms with van der Waals surface area (Å²) in [6.45, 7) is 1.90. The Hall–Kier alpha value is -2.09. The lowest BCUT2D eigenvalue weighted by atomic mass is 10.1. The van der Waals surface area contributed by atoms with Gasteiger partial charge in [-0.15, -0.1) is 0 Å². The van der Waals surface area contributed by atoms with Crippen molar-refractivity contribution in [1.29, 1.82) is 0 Å². The van der Waals surface area contributed by atoms with Crippen LogP contribution < -0.4 is 11.1 Å². The van der Waals surface area contributed by atoms with Crippen molar-refractivity contribution in [3.8, 4) is 0 Å². The highest BCUT2D eigenvalue weighted by Gasteiger charge is 2.20. The number of nitrogens with zero attached hydrogens (tertiary/aromatic N) is 1. The first-order valence-corrected chi connectivity index (χ1v) is 6.04. The number of nitro benzene ring substituents is 1. The van der Waals surface area contributed by atoms with Crippen LogP contribution in [-0.4, -0.2) is 16.9 Å². The lowest BCUT2D eigenvalue weighted by molar-refractivity contribution is -0.387. The molecule has 0 aliphatic heterocycles. The summed E-state index contributed by atoms with van der Waals surface area (Å²) >= 11 is 0. The average Bonchev–Trinajstić information content (AvgIpc) is 2.32. The fraction of sp³-hybridized carbons (Fsp3) is 0.417. The standard InChI is InChI=1S/C12H15F2N3O3/c1-2-3-7(15)4-12(18)16-10-6-11(17(19)20)9(14)5-8(10)13/h5-7H,2-4,15H2,1H3,(H,16,18). The van der Waals surface area contributed by atoms with Crippen LogP contribution in [0.15, 0.2) is 12.1 Å². The molecule has 0 saturated carbocycles. The third kappa shape index (κ3) is 4.23. The molecule has 1 aromatic rings. The van der Waals surface area contributed by atoms with Gasteiger partial charge in [0.25, 0.3) is 0 Å². The molecule has 6 nitrogen and oxygen atoms in total. The summed E-state index contributed by atoms with van der Waals surface area (Å²) in [4.78, 5) is 21.1.